The average molecular weight is 299 g/mol. The van der Waals surface area contributed by atoms with E-state index in [9.17, 15) is 22.0 Å². The largest absolute Gasteiger partial charge is 0.454 e. The van der Waals surface area contributed by atoms with E-state index >= 15 is 0 Å². The molecule has 2 aromatic rings. The highest BCUT2D eigenvalue weighted by molar-refractivity contribution is 5.45. The van der Waals surface area contributed by atoms with Crippen molar-refractivity contribution in [3.8, 4) is 17.6 Å². The smallest absolute Gasteiger partial charge is 0.417 e. The van der Waals surface area contributed by atoms with Gasteiger partial charge in [-0.25, -0.2) is 8.78 Å². The van der Waals surface area contributed by atoms with Crippen LogP contribution in [-0.4, -0.2) is 0 Å². The van der Waals surface area contributed by atoms with Gasteiger partial charge in [-0.1, -0.05) is 0 Å². The van der Waals surface area contributed by atoms with Crippen LogP contribution in [0.1, 0.15) is 11.1 Å². The fraction of sp³-hybridized carbons (Fsp3) is 0.0714. The summed E-state index contributed by atoms with van der Waals surface area (Å²) in [5.41, 5.74) is -1.80. The minimum absolute atomic E-state index is 0.356. The lowest BCUT2D eigenvalue weighted by Crippen LogP contribution is -2.08. The molecular weight excluding hydrogens is 293 g/mol. The zero-order valence-electron chi connectivity index (χ0n) is 10.2. The van der Waals surface area contributed by atoms with Crippen molar-refractivity contribution >= 4 is 0 Å². The Morgan fingerprint density at radius 3 is 2.33 bits per heavy atom. The SMILES string of the molecule is N#Cc1ccc(Oc2cc(F)ccc2F)cc1C(F)(F)F. The first-order chi connectivity index (χ1) is 9.81. The molecule has 108 valence electrons. The molecule has 0 aromatic heterocycles. The van der Waals surface area contributed by atoms with Crippen LogP contribution in [0.2, 0.25) is 0 Å². The van der Waals surface area contributed by atoms with Gasteiger partial charge in [0.05, 0.1) is 17.2 Å². The van der Waals surface area contributed by atoms with Crippen LogP contribution in [0.4, 0.5) is 22.0 Å². The van der Waals surface area contributed by atoms with E-state index in [1.165, 1.54) is 6.07 Å². The summed E-state index contributed by atoms with van der Waals surface area (Å²) in [6, 6.07) is 6.28. The number of nitriles is 1. The van der Waals surface area contributed by atoms with Crippen molar-refractivity contribution < 1.29 is 26.7 Å². The predicted octanol–water partition coefficient (Wildman–Crippen LogP) is 4.65. The van der Waals surface area contributed by atoms with Crippen LogP contribution < -0.4 is 4.74 Å². The summed E-state index contributed by atoms with van der Waals surface area (Å²) < 4.78 is 69.5. The van der Waals surface area contributed by atoms with E-state index in [0.29, 0.717) is 12.1 Å². The van der Waals surface area contributed by atoms with E-state index in [4.69, 9.17) is 10.00 Å². The Morgan fingerprint density at radius 1 is 1.00 bits per heavy atom. The van der Waals surface area contributed by atoms with Crippen LogP contribution in [0.15, 0.2) is 36.4 Å². The maximum absolute atomic E-state index is 13.4. The molecule has 7 heteroatoms. The van der Waals surface area contributed by atoms with Crippen molar-refractivity contribution in [2.75, 3.05) is 0 Å². The molecule has 0 N–H and O–H groups in total. The Bertz CT molecular complexity index is 718. The summed E-state index contributed by atoms with van der Waals surface area (Å²) in [6.45, 7) is 0. The Hall–Kier alpha value is -2.62. The molecule has 0 heterocycles. The standard InChI is InChI=1S/C14H6F5NO/c15-9-2-4-12(16)13(5-9)21-10-3-1-8(7-20)11(6-10)14(17,18)19/h1-6H. The zero-order valence-corrected chi connectivity index (χ0v) is 10.2. The summed E-state index contributed by atoms with van der Waals surface area (Å²) in [6.07, 6.45) is -4.76. The van der Waals surface area contributed by atoms with E-state index in [-0.39, 0.29) is 5.75 Å². The summed E-state index contributed by atoms with van der Waals surface area (Å²) in [5.74, 6) is -2.62. The molecule has 0 aliphatic carbocycles. The summed E-state index contributed by atoms with van der Waals surface area (Å²) in [5, 5.41) is 8.64. The summed E-state index contributed by atoms with van der Waals surface area (Å²) in [7, 11) is 0. The van der Waals surface area contributed by atoms with E-state index in [0.717, 1.165) is 24.3 Å². The first-order valence-corrected chi connectivity index (χ1v) is 5.55. The second kappa shape index (κ2) is 5.40. The molecule has 0 aliphatic heterocycles. The third kappa shape index (κ3) is 3.28. The normalized spacial score (nSPS) is 11.0. The lowest BCUT2D eigenvalue weighted by Gasteiger charge is -2.12. The minimum atomic E-state index is -4.76. The Morgan fingerprint density at radius 2 is 1.71 bits per heavy atom. The number of hydrogen-bond donors (Lipinski definition) is 0. The first kappa shape index (κ1) is 14.8. The maximum atomic E-state index is 13.4. The van der Waals surface area contributed by atoms with Gasteiger partial charge >= 0.3 is 6.18 Å². The average Bonchev–Trinajstić information content (AvgIpc) is 2.42. The second-order valence-electron chi connectivity index (χ2n) is 3.99. The highest BCUT2D eigenvalue weighted by atomic mass is 19.4. The van der Waals surface area contributed by atoms with Crippen molar-refractivity contribution in [3.63, 3.8) is 0 Å². The first-order valence-electron chi connectivity index (χ1n) is 5.55. The molecule has 0 saturated carbocycles. The molecule has 21 heavy (non-hydrogen) atoms. The monoisotopic (exact) mass is 299 g/mol. The van der Waals surface area contributed by atoms with Gasteiger partial charge in [-0.15, -0.1) is 0 Å². The zero-order chi connectivity index (χ0) is 15.6. The molecular formula is C14H6F5NO. The van der Waals surface area contributed by atoms with Crippen LogP contribution in [0.5, 0.6) is 11.5 Å². The minimum Gasteiger partial charge on any atom is -0.454 e. The van der Waals surface area contributed by atoms with Gasteiger partial charge in [-0.3, -0.25) is 0 Å². The van der Waals surface area contributed by atoms with Gasteiger partial charge in [0.1, 0.15) is 11.6 Å². The molecule has 0 spiro atoms. The molecule has 0 atom stereocenters. The number of halogens is 5. The Balaban J connectivity index is 2.42. The van der Waals surface area contributed by atoms with Gasteiger partial charge in [-0.05, 0) is 30.3 Å². The number of hydrogen-bond acceptors (Lipinski definition) is 2. The van der Waals surface area contributed by atoms with Gasteiger partial charge < -0.3 is 4.74 Å². The maximum Gasteiger partial charge on any atom is 0.417 e. The van der Waals surface area contributed by atoms with E-state index < -0.39 is 34.7 Å². The van der Waals surface area contributed by atoms with Crippen LogP contribution in [-0.2, 0) is 6.18 Å². The van der Waals surface area contributed by atoms with Crippen LogP contribution in [0.25, 0.3) is 0 Å². The van der Waals surface area contributed by atoms with Crippen LogP contribution in [0.3, 0.4) is 0 Å². The lowest BCUT2D eigenvalue weighted by atomic mass is 10.1. The van der Waals surface area contributed by atoms with Gasteiger partial charge in [0.2, 0.25) is 0 Å². The topological polar surface area (TPSA) is 33.0 Å². The third-order valence-electron chi connectivity index (χ3n) is 2.54. The highest BCUT2D eigenvalue weighted by Crippen LogP contribution is 2.35. The number of benzene rings is 2. The fourth-order valence-corrected chi connectivity index (χ4v) is 1.60. The van der Waals surface area contributed by atoms with Crippen molar-refractivity contribution in [3.05, 3.63) is 59.2 Å². The van der Waals surface area contributed by atoms with E-state index in [1.54, 1.807) is 0 Å². The lowest BCUT2D eigenvalue weighted by molar-refractivity contribution is -0.137. The Kier molecular flexibility index (Phi) is 3.80. The highest BCUT2D eigenvalue weighted by Gasteiger charge is 2.34. The van der Waals surface area contributed by atoms with Gasteiger partial charge in [0, 0.05) is 6.07 Å². The second-order valence-corrected chi connectivity index (χ2v) is 3.99. The Labute approximate surface area is 116 Å². The fourth-order valence-electron chi connectivity index (χ4n) is 1.60. The number of ether oxygens (including phenoxy) is 1. The molecule has 0 saturated heterocycles. The van der Waals surface area contributed by atoms with Gasteiger partial charge in [-0.2, -0.15) is 18.4 Å². The van der Waals surface area contributed by atoms with E-state index in [1.807, 2.05) is 0 Å². The quantitative estimate of drug-likeness (QED) is 0.756. The molecule has 0 bridgehead atoms. The van der Waals surface area contributed by atoms with Crippen molar-refractivity contribution in [2.45, 2.75) is 6.18 Å². The molecule has 0 radical (unpaired) electrons. The van der Waals surface area contributed by atoms with Crippen molar-refractivity contribution in [2.24, 2.45) is 0 Å². The molecule has 0 amide bonds. The van der Waals surface area contributed by atoms with Crippen LogP contribution in [0, 0.1) is 23.0 Å². The molecule has 0 fully saturated rings. The van der Waals surface area contributed by atoms with E-state index in [2.05, 4.69) is 0 Å². The third-order valence-corrected chi connectivity index (χ3v) is 2.54. The number of rotatable bonds is 2. The van der Waals surface area contributed by atoms with Crippen LogP contribution >= 0.6 is 0 Å². The molecule has 2 aromatic carbocycles. The molecule has 0 unspecified atom stereocenters. The van der Waals surface area contributed by atoms with Crippen molar-refractivity contribution in [1.82, 2.24) is 0 Å². The summed E-state index contributed by atoms with van der Waals surface area (Å²) >= 11 is 0. The van der Waals surface area contributed by atoms with Crippen molar-refractivity contribution in [1.29, 1.82) is 5.26 Å². The predicted molar refractivity (Wildman–Crippen MR) is 62.6 cm³/mol. The van der Waals surface area contributed by atoms with Gasteiger partial charge in [0.25, 0.3) is 0 Å². The number of nitrogens with zero attached hydrogens (tertiary/aromatic N) is 1. The number of alkyl halides is 3. The molecule has 0 aliphatic rings. The molecule has 2 nitrogen and oxygen atoms in total. The van der Waals surface area contributed by atoms with Gasteiger partial charge in [0.15, 0.2) is 11.6 Å². The molecule has 2 rings (SSSR count). The summed E-state index contributed by atoms with van der Waals surface area (Å²) in [4.78, 5) is 0.